The van der Waals surface area contributed by atoms with Crippen LogP contribution in [0.25, 0.3) is 0 Å². The predicted molar refractivity (Wildman–Crippen MR) is 94.5 cm³/mol. The topological polar surface area (TPSA) is 58.0 Å². The zero-order valence-electron chi connectivity index (χ0n) is 14.1. The minimum absolute atomic E-state index is 0.858. The highest BCUT2D eigenvalue weighted by molar-refractivity contribution is 7.09. The Labute approximate surface area is 141 Å². The molecule has 0 amide bonds. The first-order valence-electron chi connectivity index (χ1n) is 8.36. The van der Waals surface area contributed by atoms with Crippen molar-refractivity contribution in [2.45, 2.75) is 40.0 Å². The molecule has 1 aliphatic heterocycles. The molecule has 0 radical (unpaired) electrons. The van der Waals surface area contributed by atoms with E-state index in [4.69, 9.17) is 0 Å². The Bertz CT molecular complexity index is 656. The fourth-order valence-corrected chi connectivity index (χ4v) is 3.61. The lowest BCUT2D eigenvalue weighted by atomic mass is 10.3. The summed E-state index contributed by atoms with van der Waals surface area (Å²) < 4.78 is 4.41. The standard InChI is InChI=1S/C16H24N6S/c1-4-13-11-15(18-12(3)17-13)21-7-6-8-22(10-9-21)16-19-14(5-2)20-23-16/h11H,4-10H2,1-3H3. The molecule has 1 aliphatic rings. The predicted octanol–water partition coefficient (Wildman–Crippen LogP) is 2.48. The normalized spacial score (nSPS) is 15.8. The van der Waals surface area contributed by atoms with Gasteiger partial charge in [0.15, 0.2) is 0 Å². The molecular weight excluding hydrogens is 308 g/mol. The van der Waals surface area contributed by atoms with E-state index < -0.39 is 0 Å². The summed E-state index contributed by atoms with van der Waals surface area (Å²) in [5, 5.41) is 1.05. The lowest BCUT2D eigenvalue weighted by Crippen LogP contribution is -2.31. The minimum atomic E-state index is 0.858. The number of nitrogens with zero attached hydrogens (tertiary/aromatic N) is 6. The van der Waals surface area contributed by atoms with Gasteiger partial charge in [0.05, 0.1) is 0 Å². The number of hydrogen-bond donors (Lipinski definition) is 0. The second kappa shape index (κ2) is 7.21. The molecule has 0 spiro atoms. The second-order valence-electron chi connectivity index (χ2n) is 5.79. The third-order valence-corrected chi connectivity index (χ3v) is 4.92. The monoisotopic (exact) mass is 332 g/mol. The highest BCUT2D eigenvalue weighted by Gasteiger charge is 2.19. The Morgan fingerprint density at radius 2 is 1.78 bits per heavy atom. The summed E-state index contributed by atoms with van der Waals surface area (Å²) >= 11 is 1.52. The molecule has 2 aromatic heterocycles. The molecule has 6 nitrogen and oxygen atoms in total. The van der Waals surface area contributed by atoms with Crippen LogP contribution < -0.4 is 9.80 Å². The largest absolute Gasteiger partial charge is 0.355 e. The first kappa shape index (κ1) is 16.1. The SMILES string of the molecule is CCc1cc(N2CCCN(c3nc(CC)ns3)CC2)nc(C)n1. The maximum Gasteiger partial charge on any atom is 0.205 e. The van der Waals surface area contributed by atoms with Gasteiger partial charge in [-0.05, 0) is 19.8 Å². The molecule has 3 heterocycles. The van der Waals surface area contributed by atoms with E-state index in [1.54, 1.807) is 0 Å². The van der Waals surface area contributed by atoms with Gasteiger partial charge in [0.1, 0.15) is 17.5 Å². The molecule has 7 heteroatoms. The Kier molecular flexibility index (Phi) is 5.05. The van der Waals surface area contributed by atoms with Crippen molar-refractivity contribution in [2.24, 2.45) is 0 Å². The summed E-state index contributed by atoms with van der Waals surface area (Å²) in [4.78, 5) is 18.5. The molecule has 0 unspecified atom stereocenters. The average molecular weight is 332 g/mol. The second-order valence-corrected chi connectivity index (χ2v) is 6.52. The minimum Gasteiger partial charge on any atom is -0.355 e. The fraction of sp³-hybridized carbons (Fsp3) is 0.625. The molecular formula is C16H24N6S. The van der Waals surface area contributed by atoms with Crippen molar-refractivity contribution in [3.05, 3.63) is 23.4 Å². The van der Waals surface area contributed by atoms with Gasteiger partial charge < -0.3 is 9.80 Å². The molecule has 0 N–H and O–H groups in total. The Morgan fingerprint density at radius 3 is 2.52 bits per heavy atom. The quantitative estimate of drug-likeness (QED) is 0.857. The highest BCUT2D eigenvalue weighted by atomic mass is 32.1. The van der Waals surface area contributed by atoms with Crippen LogP contribution in [-0.2, 0) is 12.8 Å². The van der Waals surface area contributed by atoms with E-state index in [1.807, 2.05) is 6.92 Å². The number of rotatable bonds is 4. The third-order valence-electron chi connectivity index (χ3n) is 4.10. The van der Waals surface area contributed by atoms with Crippen LogP contribution in [-0.4, -0.2) is 45.5 Å². The fourth-order valence-electron chi connectivity index (χ4n) is 2.81. The molecule has 0 aromatic carbocycles. The maximum absolute atomic E-state index is 4.63. The van der Waals surface area contributed by atoms with Gasteiger partial charge in [0.2, 0.25) is 5.13 Å². The van der Waals surface area contributed by atoms with Gasteiger partial charge in [-0.15, -0.1) is 0 Å². The zero-order valence-corrected chi connectivity index (χ0v) is 14.9. The number of anilines is 2. The van der Waals surface area contributed by atoms with Gasteiger partial charge >= 0.3 is 0 Å². The van der Waals surface area contributed by atoms with E-state index in [9.17, 15) is 0 Å². The molecule has 0 saturated carbocycles. The van der Waals surface area contributed by atoms with Crippen molar-refractivity contribution in [1.82, 2.24) is 19.3 Å². The summed E-state index contributed by atoms with van der Waals surface area (Å²) in [6.45, 7) is 10.2. The van der Waals surface area contributed by atoms with Crippen LogP contribution in [0.5, 0.6) is 0 Å². The van der Waals surface area contributed by atoms with E-state index >= 15 is 0 Å². The highest BCUT2D eigenvalue weighted by Crippen LogP contribution is 2.21. The van der Waals surface area contributed by atoms with E-state index in [0.29, 0.717) is 0 Å². The molecule has 124 valence electrons. The van der Waals surface area contributed by atoms with Gasteiger partial charge in [-0.1, -0.05) is 13.8 Å². The Hall–Kier alpha value is -1.76. The molecule has 2 aromatic rings. The average Bonchev–Trinajstić information content (AvgIpc) is 2.91. The molecule has 0 bridgehead atoms. The zero-order chi connectivity index (χ0) is 16.2. The molecule has 3 rings (SSSR count). The van der Waals surface area contributed by atoms with Crippen molar-refractivity contribution >= 4 is 22.5 Å². The van der Waals surface area contributed by atoms with Gasteiger partial charge in [-0.25, -0.2) is 15.0 Å². The first-order chi connectivity index (χ1) is 11.2. The van der Waals surface area contributed by atoms with E-state index in [1.165, 1.54) is 11.5 Å². The van der Waals surface area contributed by atoms with Crippen molar-refractivity contribution in [3.63, 3.8) is 0 Å². The van der Waals surface area contributed by atoms with Crippen molar-refractivity contribution in [2.75, 3.05) is 36.0 Å². The summed E-state index contributed by atoms with van der Waals surface area (Å²) in [7, 11) is 0. The lowest BCUT2D eigenvalue weighted by Gasteiger charge is -2.23. The number of aryl methyl sites for hydroxylation is 3. The molecule has 0 aliphatic carbocycles. The van der Waals surface area contributed by atoms with Crippen LogP contribution in [0.15, 0.2) is 6.07 Å². The molecule has 23 heavy (non-hydrogen) atoms. The summed E-state index contributed by atoms with van der Waals surface area (Å²) in [6.07, 6.45) is 2.95. The van der Waals surface area contributed by atoms with Crippen molar-refractivity contribution in [1.29, 1.82) is 0 Å². The summed E-state index contributed by atoms with van der Waals surface area (Å²) in [5.41, 5.74) is 1.12. The smallest absolute Gasteiger partial charge is 0.205 e. The van der Waals surface area contributed by atoms with Crippen LogP contribution >= 0.6 is 11.5 Å². The van der Waals surface area contributed by atoms with Gasteiger partial charge in [-0.3, -0.25) is 0 Å². The summed E-state index contributed by atoms with van der Waals surface area (Å²) in [5.74, 6) is 2.87. The molecule has 0 atom stereocenters. The lowest BCUT2D eigenvalue weighted by molar-refractivity contribution is 0.787. The van der Waals surface area contributed by atoms with E-state index in [2.05, 4.69) is 49.0 Å². The van der Waals surface area contributed by atoms with Crippen LogP contribution in [0, 0.1) is 6.92 Å². The van der Waals surface area contributed by atoms with Crippen LogP contribution in [0.1, 0.15) is 37.6 Å². The van der Waals surface area contributed by atoms with Crippen LogP contribution in [0.3, 0.4) is 0 Å². The maximum atomic E-state index is 4.63. The third kappa shape index (κ3) is 3.77. The van der Waals surface area contributed by atoms with Crippen LogP contribution in [0.4, 0.5) is 10.9 Å². The summed E-state index contributed by atoms with van der Waals surface area (Å²) in [6, 6.07) is 2.13. The van der Waals surface area contributed by atoms with E-state index in [-0.39, 0.29) is 0 Å². The van der Waals surface area contributed by atoms with Gasteiger partial charge in [0, 0.05) is 55.9 Å². The Balaban J connectivity index is 1.72. The van der Waals surface area contributed by atoms with E-state index in [0.717, 1.165) is 73.7 Å². The van der Waals surface area contributed by atoms with Gasteiger partial charge in [-0.2, -0.15) is 4.37 Å². The van der Waals surface area contributed by atoms with Crippen molar-refractivity contribution < 1.29 is 0 Å². The first-order valence-corrected chi connectivity index (χ1v) is 9.14. The van der Waals surface area contributed by atoms with Gasteiger partial charge in [0.25, 0.3) is 0 Å². The molecule has 1 saturated heterocycles. The number of hydrogen-bond acceptors (Lipinski definition) is 7. The van der Waals surface area contributed by atoms with Crippen molar-refractivity contribution in [3.8, 4) is 0 Å². The molecule has 1 fully saturated rings. The Morgan fingerprint density at radius 1 is 1.00 bits per heavy atom. The van der Waals surface area contributed by atoms with Crippen LogP contribution in [0.2, 0.25) is 0 Å². The number of aromatic nitrogens is 4.